The third-order valence-electron chi connectivity index (χ3n) is 2.66. The molecule has 0 saturated heterocycles. The van der Waals surface area contributed by atoms with Crippen molar-refractivity contribution in [2.24, 2.45) is 0 Å². The molecule has 0 spiro atoms. The Hall–Kier alpha value is -1.79. The van der Waals surface area contributed by atoms with Gasteiger partial charge in [0.1, 0.15) is 5.75 Å². The molecule has 104 valence electrons. The number of phenolic OH excluding ortho intramolecular Hbond substituents is 1. The van der Waals surface area contributed by atoms with Gasteiger partial charge in [0.25, 0.3) is 5.69 Å². The minimum Gasteiger partial charge on any atom is -0.507 e. The first-order chi connectivity index (χ1) is 9.47. The van der Waals surface area contributed by atoms with Gasteiger partial charge in [-0.2, -0.15) is 0 Å². The van der Waals surface area contributed by atoms with Gasteiger partial charge in [-0.25, -0.2) is 0 Å². The lowest BCUT2D eigenvalue weighted by Gasteiger charge is -2.09. The Balaban J connectivity index is 2.10. The van der Waals surface area contributed by atoms with Crippen molar-refractivity contribution in [1.29, 1.82) is 0 Å². The number of nitro groups is 1. The summed E-state index contributed by atoms with van der Waals surface area (Å²) in [5, 5.41) is 23.4. The highest BCUT2D eigenvalue weighted by Gasteiger charge is 2.09. The number of halogens is 2. The first-order valence-corrected chi connectivity index (χ1v) is 6.79. The molecular weight excluding hydrogens is 348 g/mol. The molecule has 2 N–H and O–H groups in total. The fraction of sp³-hybridized carbons (Fsp3) is 0.0769. The summed E-state index contributed by atoms with van der Waals surface area (Å²) in [6, 6.07) is 9.39. The van der Waals surface area contributed by atoms with E-state index in [1.807, 2.05) is 0 Å². The minimum absolute atomic E-state index is 0.0482. The molecule has 0 saturated carbocycles. The lowest BCUT2D eigenvalue weighted by molar-refractivity contribution is -0.384. The molecule has 0 unspecified atom stereocenters. The predicted octanol–water partition coefficient (Wildman–Crippen LogP) is 4.33. The van der Waals surface area contributed by atoms with Crippen molar-refractivity contribution in [3.8, 4) is 5.75 Å². The molecule has 2 aromatic rings. The van der Waals surface area contributed by atoms with Gasteiger partial charge in [0.05, 0.1) is 20.1 Å². The standard InChI is InChI=1S/C13H10BrClN2O3/c14-10-5-8(1-4-13(10)18)7-16-12-3-2-9(17(19)20)6-11(12)15/h1-6,16,18H,7H2. The van der Waals surface area contributed by atoms with Gasteiger partial charge in [0, 0.05) is 18.7 Å². The van der Waals surface area contributed by atoms with Crippen molar-refractivity contribution in [1.82, 2.24) is 0 Å². The lowest BCUT2D eigenvalue weighted by Crippen LogP contribution is -2.00. The van der Waals surface area contributed by atoms with E-state index in [-0.39, 0.29) is 16.5 Å². The van der Waals surface area contributed by atoms with E-state index < -0.39 is 4.92 Å². The van der Waals surface area contributed by atoms with Gasteiger partial charge < -0.3 is 10.4 Å². The molecule has 0 bridgehead atoms. The molecule has 0 amide bonds. The van der Waals surface area contributed by atoms with E-state index in [9.17, 15) is 15.2 Å². The molecule has 7 heteroatoms. The zero-order chi connectivity index (χ0) is 14.7. The van der Waals surface area contributed by atoms with Crippen LogP contribution in [0.4, 0.5) is 11.4 Å². The topological polar surface area (TPSA) is 75.4 Å². The average molecular weight is 358 g/mol. The Kier molecular flexibility index (Phi) is 4.46. The second-order valence-corrected chi connectivity index (χ2v) is 5.32. The van der Waals surface area contributed by atoms with E-state index in [0.29, 0.717) is 16.7 Å². The van der Waals surface area contributed by atoms with Gasteiger partial charge in [-0.1, -0.05) is 17.7 Å². The first-order valence-electron chi connectivity index (χ1n) is 5.62. The molecule has 0 atom stereocenters. The van der Waals surface area contributed by atoms with Crippen molar-refractivity contribution in [3.63, 3.8) is 0 Å². The Bertz CT molecular complexity index is 664. The van der Waals surface area contributed by atoms with Crippen molar-refractivity contribution in [3.05, 3.63) is 61.6 Å². The summed E-state index contributed by atoms with van der Waals surface area (Å²) in [5.74, 6) is 0.169. The second kappa shape index (κ2) is 6.11. The summed E-state index contributed by atoms with van der Waals surface area (Å²) in [4.78, 5) is 10.1. The number of nitrogens with one attached hydrogen (secondary N) is 1. The third-order valence-corrected chi connectivity index (χ3v) is 3.61. The van der Waals surface area contributed by atoms with Crippen LogP contribution in [0.3, 0.4) is 0 Å². The van der Waals surface area contributed by atoms with Crippen LogP contribution in [0.1, 0.15) is 5.56 Å². The summed E-state index contributed by atoms with van der Waals surface area (Å²) in [6.45, 7) is 0.483. The van der Waals surface area contributed by atoms with Gasteiger partial charge in [-0.05, 0) is 39.7 Å². The minimum atomic E-state index is -0.493. The molecule has 0 aliphatic heterocycles. The largest absolute Gasteiger partial charge is 0.507 e. The van der Waals surface area contributed by atoms with E-state index in [4.69, 9.17) is 11.6 Å². The molecule has 20 heavy (non-hydrogen) atoms. The van der Waals surface area contributed by atoms with Crippen LogP contribution in [-0.2, 0) is 6.54 Å². The second-order valence-electron chi connectivity index (χ2n) is 4.06. The Morgan fingerprint density at radius 1 is 1.30 bits per heavy atom. The smallest absolute Gasteiger partial charge is 0.271 e. The maximum absolute atomic E-state index is 10.6. The van der Waals surface area contributed by atoms with Gasteiger partial charge in [-0.15, -0.1) is 0 Å². The van der Waals surface area contributed by atoms with Crippen LogP contribution in [-0.4, -0.2) is 10.0 Å². The van der Waals surface area contributed by atoms with Crippen molar-refractivity contribution in [2.45, 2.75) is 6.54 Å². The van der Waals surface area contributed by atoms with E-state index in [0.717, 1.165) is 5.56 Å². The van der Waals surface area contributed by atoms with Crippen LogP contribution in [0.2, 0.25) is 5.02 Å². The van der Waals surface area contributed by atoms with Gasteiger partial charge in [0.15, 0.2) is 0 Å². The third kappa shape index (κ3) is 3.40. The molecular formula is C13H10BrClN2O3. The molecule has 0 radical (unpaired) electrons. The number of hydrogen-bond acceptors (Lipinski definition) is 4. The first kappa shape index (κ1) is 14.6. The molecule has 0 heterocycles. The number of hydrogen-bond donors (Lipinski definition) is 2. The maximum Gasteiger partial charge on any atom is 0.271 e. The predicted molar refractivity (Wildman–Crippen MR) is 81.2 cm³/mol. The van der Waals surface area contributed by atoms with Gasteiger partial charge in [-0.3, -0.25) is 10.1 Å². The fourth-order valence-corrected chi connectivity index (χ4v) is 2.29. The van der Waals surface area contributed by atoms with E-state index in [1.165, 1.54) is 12.1 Å². The summed E-state index contributed by atoms with van der Waals surface area (Å²) >= 11 is 9.21. The molecule has 0 aromatic heterocycles. The van der Waals surface area contributed by atoms with Crippen molar-refractivity contribution in [2.75, 3.05) is 5.32 Å². The number of phenols is 1. The normalized spacial score (nSPS) is 10.3. The lowest BCUT2D eigenvalue weighted by atomic mass is 10.2. The summed E-state index contributed by atoms with van der Waals surface area (Å²) in [6.07, 6.45) is 0. The van der Waals surface area contributed by atoms with Crippen LogP contribution in [0.25, 0.3) is 0 Å². The highest BCUT2D eigenvalue weighted by Crippen LogP contribution is 2.28. The van der Waals surface area contributed by atoms with Crippen molar-refractivity contribution >= 4 is 38.9 Å². The van der Waals surface area contributed by atoms with Crippen molar-refractivity contribution < 1.29 is 10.0 Å². The molecule has 2 rings (SSSR count). The highest BCUT2D eigenvalue weighted by molar-refractivity contribution is 9.10. The molecule has 0 aliphatic carbocycles. The van der Waals surface area contributed by atoms with Gasteiger partial charge >= 0.3 is 0 Å². The zero-order valence-corrected chi connectivity index (χ0v) is 12.5. The quantitative estimate of drug-likeness (QED) is 0.631. The van der Waals surface area contributed by atoms with E-state index in [2.05, 4.69) is 21.2 Å². The maximum atomic E-state index is 10.6. The average Bonchev–Trinajstić information content (AvgIpc) is 2.41. The number of rotatable bonds is 4. The van der Waals surface area contributed by atoms with E-state index in [1.54, 1.807) is 24.3 Å². The number of aromatic hydroxyl groups is 1. The Labute approximate surface area is 128 Å². The van der Waals surface area contributed by atoms with Crippen LogP contribution < -0.4 is 5.32 Å². The summed E-state index contributed by atoms with van der Waals surface area (Å²) in [7, 11) is 0. The SMILES string of the molecule is O=[N+]([O-])c1ccc(NCc2ccc(O)c(Br)c2)c(Cl)c1. The van der Waals surface area contributed by atoms with Crippen LogP contribution >= 0.6 is 27.5 Å². The molecule has 0 aliphatic rings. The van der Waals surface area contributed by atoms with Gasteiger partial charge in [0.2, 0.25) is 0 Å². The monoisotopic (exact) mass is 356 g/mol. The number of non-ortho nitro benzene ring substituents is 1. The van der Waals surface area contributed by atoms with Crippen LogP contribution in [0.5, 0.6) is 5.75 Å². The zero-order valence-electron chi connectivity index (χ0n) is 10.1. The number of nitrogens with zero attached hydrogens (tertiary/aromatic N) is 1. The molecule has 2 aromatic carbocycles. The van der Waals surface area contributed by atoms with Crippen LogP contribution in [0.15, 0.2) is 40.9 Å². The van der Waals surface area contributed by atoms with E-state index >= 15 is 0 Å². The summed E-state index contributed by atoms with van der Waals surface area (Å²) < 4.78 is 0.603. The molecule has 5 nitrogen and oxygen atoms in total. The highest BCUT2D eigenvalue weighted by atomic mass is 79.9. The fourth-order valence-electron chi connectivity index (χ4n) is 1.62. The number of benzene rings is 2. The number of anilines is 1. The Morgan fingerprint density at radius 2 is 2.05 bits per heavy atom. The molecule has 0 fully saturated rings. The Morgan fingerprint density at radius 3 is 2.65 bits per heavy atom. The van der Waals surface area contributed by atoms with Crippen LogP contribution in [0, 0.1) is 10.1 Å². The number of nitro benzene ring substituents is 1. The summed E-state index contributed by atoms with van der Waals surface area (Å²) in [5.41, 5.74) is 1.50.